The minimum atomic E-state index is -1.29. The van der Waals surface area contributed by atoms with Crippen LogP contribution in [0.2, 0.25) is 0 Å². The van der Waals surface area contributed by atoms with E-state index >= 15 is 0 Å². The number of hydrogen-bond acceptors (Lipinski definition) is 5. The third kappa shape index (κ3) is 28.2. The molecule has 4 atom stereocenters. The predicted molar refractivity (Wildman–Crippen MR) is 191 cm³/mol. The minimum absolute atomic E-state index is 0.349. The second-order valence-corrected chi connectivity index (χ2v) is 12.5. The molecule has 1 amide bonds. The largest absolute Gasteiger partial charge is 0.394 e. The summed E-state index contributed by atoms with van der Waals surface area (Å²) in [4.78, 5) is 12.4. The number of hydrogen-bond donors (Lipinski definition) is 5. The van der Waals surface area contributed by atoms with Crippen LogP contribution in [0.4, 0.5) is 0 Å². The van der Waals surface area contributed by atoms with Crippen LogP contribution >= 0.6 is 0 Å². The Morgan fingerprint density at radius 1 is 0.556 bits per heavy atom. The van der Waals surface area contributed by atoms with Gasteiger partial charge in [0.25, 0.3) is 0 Å². The number of unbranched alkanes of at least 4 members (excludes halogenated alkanes) is 15. The average Bonchev–Trinajstić information content (AvgIpc) is 3.04. The fourth-order valence-electron chi connectivity index (χ4n) is 5.26. The second kappa shape index (κ2) is 33.6. The van der Waals surface area contributed by atoms with Crippen molar-refractivity contribution in [3.05, 3.63) is 48.6 Å². The first-order valence-electron chi connectivity index (χ1n) is 18.5. The number of carbonyl (C=O) groups is 1. The third-order valence-corrected chi connectivity index (χ3v) is 8.23. The molecule has 45 heavy (non-hydrogen) atoms. The molecule has 0 aromatic carbocycles. The highest BCUT2D eigenvalue weighted by Gasteiger charge is 2.28. The van der Waals surface area contributed by atoms with Crippen molar-refractivity contribution in [2.75, 3.05) is 6.61 Å². The lowest BCUT2D eigenvalue weighted by molar-refractivity contribution is -0.132. The number of allylic oxidation sites excluding steroid dienone is 8. The number of nitrogens with one attached hydrogen (secondary N) is 1. The molecule has 262 valence electrons. The summed E-state index contributed by atoms with van der Waals surface area (Å²) in [5.74, 6) is -0.609. The van der Waals surface area contributed by atoms with E-state index in [1.165, 1.54) is 57.8 Å². The van der Waals surface area contributed by atoms with E-state index in [1.807, 2.05) is 0 Å². The molecule has 4 unspecified atom stereocenters. The molecule has 0 saturated heterocycles. The molecule has 0 heterocycles. The van der Waals surface area contributed by atoms with Crippen molar-refractivity contribution < 1.29 is 25.2 Å². The van der Waals surface area contributed by atoms with Crippen LogP contribution in [-0.4, -0.2) is 57.3 Å². The second-order valence-electron chi connectivity index (χ2n) is 12.5. The van der Waals surface area contributed by atoms with Crippen LogP contribution < -0.4 is 5.32 Å². The molecule has 6 nitrogen and oxygen atoms in total. The lowest BCUT2D eigenvalue weighted by atomic mass is 10.00. The zero-order chi connectivity index (χ0) is 33.2. The minimum Gasteiger partial charge on any atom is -0.394 e. The normalized spacial score (nSPS) is 15.1. The van der Waals surface area contributed by atoms with Crippen LogP contribution in [0.15, 0.2) is 48.6 Å². The summed E-state index contributed by atoms with van der Waals surface area (Å²) >= 11 is 0. The molecular weight excluding hydrogens is 562 g/mol. The Morgan fingerprint density at radius 2 is 1.00 bits per heavy atom. The maximum atomic E-state index is 12.4. The van der Waals surface area contributed by atoms with E-state index in [0.29, 0.717) is 19.3 Å². The standard InChI is InChI=1S/C39H71NO5/c1-3-5-7-9-11-13-15-17-18-19-21-23-25-27-29-31-33-37(43)39(45)40-35(34-41)38(44)36(42)32-30-28-26-24-22-20-16-14-12-10-8-6-4-2/h6,8,14,16-18,24,26,35-38,41-44H,3-5,7,9-13,15,19-23,25,27-34H2,1-2H3,(H,40,45)/b8-6+,16-14+,18-17-,26-24+. The summed E-state index contributed by atoms with van der Waals surface area (Å²) in [7, 11) is 0. The molecule has 0 aromatic heterocycles. The van der Waals surface area contributed by atoms with Crippen LogP contribution in [0.25, 0.3) is 0 Å². The molecule has 0 aromatic rings. The highest BCUT2D eigenvalue weighted by molar-refractivity contribution is 5.80. The summed E-state index contributed by atoms with van der Waals surface area (Å²) < 4.78 is 0. The first-order valence-corrected chi connectivity index (χ1v) is 18.5. The van der Waals surface area contributed by atoms with Crippen LogP contribution in [-0.2, 0) is 4.79 Å². The molecule has 6 heteroatoms. The van der Waals surface area contributed by atoms with E-state index in [1.54, 1.807) is 0 Å². The van der Waals surface area contributed by atoms with Gasteiger partial charge in [-0.05, 0) is 83.5 Å². The summed E-state index contributed by atoms with van der Waals surface area (Å²) in [6, 6.07) is -1.01. The maximum absolute atomic E-state index is 12.4. The van der Waals surface area contributed by atoms with Gasteiger partial charge in [-0.15, -0.1) is 0 Å². The molecule has 0 aliphatic rings. The quantitative estimate of drug-likeness (QED) is 0.0376. The Hall–Kier alpha value is -1.73. The van der Waals surface area contributed by atoms with Crippen molar-refractivity contribution in [2.24, 2.45) is 0 Å². The number of aliphatic hydroxyl groups excluding tert-OH is 4. The monoisotopic (exact) mass is 634 g/mol. The van der Waals surface area contributed by atoms with Crippen LogP contribution in [0, 0.1) is 0 Å². The Kier molecular flexibility index (Phi) is 32.3. The molecule has 0 radical (unpaired) electrons. The topological polar surface area (TPSA) is 110 Å². The lowest BCUT2D eigenvalue weighted by Crippen LogP contribution is -2.53. The van der Waals surface area contributed by atoms with Gasteiger partial charge in [0.2, 0.25) is 5.91 Å². The fraction of sp³-hybridized carbons (Fsp3) is 0.769. The van der Waals surface area contributed by atoms with Gasteiger partial charge in [-0.1, -0.05) is 127 Å². The molecule has 0 aliphatic carbocycles. The van der Waals surface area contributed by atoms with E-state index in [-0.39, 0.29) is 0 Å². The predicted octanol–water partition coefficient (Wildman–Crippen LogP) is 8.78. The lowest BCUT2D eigenvalue weighted by Gasteiger charge is -2.27. The van der Waals surface area contributed by atoms with E-state index in [2.05, 4.69) is 67.8 Å². The molecular formula is C39H71NO5. The number of aliphatic hydroxyl groups is 4. The van der Waals surface area contributed by atoms with Crippen molar-refractivity contribution in [3.8, 4) is 0 Å². The van der Waals surface area contributed by atoms with Gasteiger partial charge in [0, 0.05) is 0 Å². The van der Waals surface area contributed by atoms with Gasteiger partial charge in [0.1, 0.15) is 12.2 Å². The fourth-order valence-corrected chi connectivity index (χ4v) is 5.26. The summed E-state index contributed by atoms with van der Waals surface area (Å²) in [5, 5.41) is 43.4. The first-order chi connectivity index (χ1) is 22.0. The number of amides is 1. The number of carbonyl (C=O) groups excluding carboxylic acids is 1. The van der Waals surface area contributed by atoms with Crippen molar-refractivity contribution in [3.63, 3.8) is 0 Å². The Balaban J connectivity index is 3.91. The van der Waals surface area contributed by atoms with Crippen molar-refractivity contribution in [2.45, 2.75) is 186 Å². The summed E-state index contributed by atoms with van der Waals surface area (Å²) in [6.45, 7) is 3.89. The molecule has 0 aliphatic heterocycles. The summed E-state index contributed by atoms with van der Waals surface area (Å²) in [6.07, 6.45) is 38.4. The van der Waals surface area contributed by atoms with E-state index < -0.39 is 36.9 Å². The molecule has 0 saturated carbocycles. The van der Waals surface area contributed by atoms with E-state index in [0.717, 1.165) is 70.6 Å². The Bertz CT molecular complexity index is 763. The maximum Gasteiger partial charge on any atom is 0.249 e. The Morgan fingerprint density at radius 3 is 1.51 bits per heavy atom. The third-order valence-electron chi connectivity index (χ3n) is 8.23. The smallest absolute Gasteiger partial charge is 0.249 e. The van der Waals surface area contributed by atoms with Gasteiger partial charge < -0.3 is 25.7 Å². The van der Waals surface area contributed by atoms with Crippen molar-refractivity contribution in [1.82, 2.24) is 5.32 Å². The highest BCUT2D eigenvalue weighted by Crippen LogP contribution is 2.13. The molecule has 0 fully saturated rings. The van der Waals surface area contributed by atoms with Gasteiger partial charge in [-0.25, -0.2) is 0 Å². The van der Waals surface area contributed by atoms with Crippen molar-refractivity contribution >= 4 is 5.91 Å². The SMILES string of the molecule is CC/C=C/CC/C=C/CC/C=C/CCCC(O)C(O)C(CO)NC(=O)C(O)CCCCCCCC/C=C\CCCCCCCC. The van der Waals surface area contributed by atoms with Gasteiger partial charge in [0.15, 0.2) is 0 Å². The molecule has 5 N–H and O–H groups in total. The number of rotatable bonds is 32. The highest BCUT2D eigenvalue weighted by atomic mass is 16.3. The van der Waals surface area contributed by atoms with E-state index in [4.69, 9.17) is 0 Å². The summed E-state index contributed by atoms with van der Waals surface area (Å²) in [5.41, 5.74) is 0. The average molecular weight is 634 g/mol. The zero-order valence-electron chi connectivity index (χ0n) is 29.1. The van der Waals surface area contributed by atoms with Gasteiger partial charge in [-0.2, -0.15) is 0 Å². The molecule has 0 spiro atoms. The van der Waals surface area contributed by atoms with Crippen molar-refractivity contribution in [1.29, 1.82) is 0 Å². The van der Waals surface area contributed by atoms with Crippen LogP contribution in [0.3, 0.4) is 0 Å². The zero-order valence-corrected chi connectivity index (χ0v) is 29.1. The molecule has 0 bridgehead atoms. The Labute approximate surface area is 277 Å². The van der Waals surface area contributed by atoms with Gasteiger partial charge in [-0.3, -0.25) is 4.79 Å². The van der Waals surface area contributed by atoms with Crippen LogP contribution in [0.5, 0.6) is 0 Å². The molecule has 0 rings (SSSR count). The van der Waals surface area contributed by atoms with E-state index in [9.17, 15) is 25.2 Å². The van der Waals surface area contributed by atoms with Gasteiger partial charge in [0.05, 0.1) is 18.8 Å². The van der Waals surface area contributed by atoms with Crippen LogP contribution in [0.1, 0.15) is 162 Å². The first kappa shape index (κ1) is 43.3. The van der Waals surface area contributed by atoms with Gasteiger partial charge >= 0.3 is 0 Å².